The molecule has 7 nitrogen and oxygen atoms in total. The Balaban J connectivity index is 1.55. The minimum absolute atomic E-state index is 0.114. The standard InChI is InChI=1S/C33H29BrCl2N2O5S/c1-5-41-32(40)29-19(4)37-33-38(30(29)23-8-6-7-9-26(23)43-18(2)3)31(39)28(44-33)15-20-10-13-27(24(34)14-20)42-17-21-11-12-22(35)16-25(21)36/h6-16,18,30H,5,17H2,1-4H3/b28-15+/t30-/m1/s1. The molecule has 0 unspecified atom stereocenters. The highest BCUT2D eigenvalue weighted by molar-refractivity contribution is 9.10. The topological polar surface area (TPSA) is 79.1 Å². The van der Waals surface area contributed by atoms with Crippen molar-refractivity contribution in [3.8, 4) is 11.5 Å². The number of hydrogen-bond donors (Lipinski definition) is 0. The molecule has 0 aliphatic carbocycles. The molecule has 4 aromatic rings. The van der Waals surface area contributed by atoms with Gasteiger partial charge in [0.25, 0.3) is 5.56 Å². The molecule has 1 aromatic heterocycles. The van der Waals surface area contributed by atoms with Crippen molar-refractivity contribution >= 4 is 62.5 Å². The summed E-state index contributed by atoms with van der Waals surface area (Å²) in [6.45, 7) is 7.81. The Kier molecular flexibility index (Phi) is 10.00. The second kappa shape index (κ2) is 13.7. The van der Waals surface area contributed by atoms with Crippen LogP contribution in [0, 0.1) is 0 Å². The van der Waals surface area contributed by atoms with Crippen molar-refractivity contribution in [1.29, 1.82) is 0 Å². The Bertz CT molecular complexity index is 1950. The predicted octanol–water partition coefficient (Wildman–Crippen LogP) is 7.23. The summed E-state index contributed by atoms with van der Waals surface area (Å²) in [5.41, 5.74) is 2.78. The van der Waals surface area contributed by atoms with Crippen molar-refractivity contribution < 1.29 is 19.0 Å². The van der Waals surface area contributed by atoms with E-state index in [-0.39, 0.29) is 24.9 Å². The molecule has 1 atom stereocenters. The summed E-state index contributed by atoms with van der Waals surface area (Å²) in [6.07, 6.45) is 1.68. The number of aromatic nitrogens is 1. The lowest BCUT2D eigenvalue weighted by atomic mass is 9.95. The van der Waals surface area contributed by atoms with E-state index in [1.807, 2.05) is 62.4 Å². The molecule has 5 rings (SSSR count). The summed E-state index contributed by atoms with van der Waals surface area (Å²) in [7, 11) is 0. The molecule has 11 heteroatoms. The van der Waals surface area contributed by atoms with E-state index in [0.717, 1.165) is 11.1 Å². The van der Waals surface area contributed by atoms with Gasteiger partial charge in [-0.3, -0.25) is 9.36 Å². The molecule has 1 aliphatic heterocycles. The lowest BCUT2D eigenvalue weighted by Gasteiger charge is -2.26. The van der Waals surface area contributed by atoms with E-state index in [1.165, 1.54) is 11.3 Å². The zero-order chi connectivity index (χ0) is 31.5. The maximum atomic E-state index is 14.0. The lowest BCUT2D eigenvalue weighted by molar-refractivity contribution is -0.139. The Morgan fingerprint density at radius 1 is 1.11 bits per heavy atom. The van der Waals surface area contributed by atoms with Crippen LogP contribution in [0.15, 0.2) is 86.2 Å². The van der Waals surface area contributed by atoms with Crippen LogP contribution in [0.5, 0.6) is 11.5 Å². The lowest BCUT2D eigenvalue weighted by Crippen LogP contribution is -2.40. The molecule has 0 saturated heterocycles. The number of rotatable bonds is 9. The second-order valence-electron chi connectivity index (χ2n) is 10.2. The predicted molar refractivity (Wildman–Crippen MR) is 178 cm³/mol. The molecule has 0 spiro atoms. The zero-order valence-electron chi connectivity index (χ0n) is 24.4. The first-order valence-corrected chi connectivity index (χ1v) is 16.3. The maximum Gasteiger partial charge on any atom is 0.338 e. The van der Waals surface area contributed by atoms with E-state index in [9.17, 15) is 9.59 Å². The Hall–Kier alpha value is -3.37. The molecule has 0 saturated carbocycles. The van der Waals surface area contributed by atoms with Gasteiger partial charge >= 0.3 is 5.97 Å². The average molecular weight is 716 g/mol. The first-order chi connectivity index (χ1) is 21.1. The van der Waals surface area contributed by atoms with Gasteiger partial charge in [-0.05, 0) is 85.6 Å². The van der Waals surface area contributed by atoms with Crippen molar-refractivity contribution in [2.24, 2.45) is 4.99 Å². The number of para-hydroxylation sites is 1. The largest absolute Gasteiger partial charge is 0.491 e. The fourth-order valence-electron chi connectivity index (χ4n) is 4.82. The number of allylic oxidation sites excluding steroid dienone is 1. The van der Waals surface area contributed by atoms with Crippen molar-refractivity contribution in [1.82, 2.24) is 4.57 Å². The highest BCUT2D eigenvalue weighted by atomic mass is 79.9. The summed E-state index contributed by atoms with van der Waals surface area (Å²) in [5, 5.41) is 1.08. The van der Waals surface area contributed by atoms with Crippen molar-refractivity contribution in [3.05, 3.63) is 123 Å². The average Bonchev–Trinajstić information content (AvgIpc) is 3.26. The van der Waals surface area contributed by atoms with Gasteiger partial charge in [0.05, 0.1) is 33.0 Å². The van der Waals surface area contributed by atoms with Crippen LogP contribution in [0.2, 0.25) is 10.0 Å². The van der Waals surface area contributed by atoms with Crippen LogP contribution in [0.1, 0.15) is 50.4 Å². The van der Waals surface area contributed by atoms with Gasteiger partial charge < -0.3 is 14.2 Å². The SMILES string of the molecule is CCOC(=O)C1=C(C)N=c2s/c(=C/c3ccc(OCc4ccc(Cl)cc4Cl)c(Br)c3)c(=O)n2[C@@H]1c1ccccc1OC(C)C. The first kappa shape index (κ1) is 32.0. The monoisotopic (exact) mass is 714 g/mol. The van der Waals surface area contributed by atoms with Crippen LogP contribution < -0.4 is 24.4 Å². The number of carbonyl (C=O) groups is 1. The number of hydrogen-bond acceptors (Lipinski definition) is 7. The summed E-state index contributed by atoms with van der Waals surface area (Å²) < 4.78 is 20.2. The number of nitrogens with zero attached hydrogens (tertiary/aromatic N) is 2. The number of carbonyl (C=O) groups excluding carboxylic acids is 1. The third-order valence-electron chi connectivity index (χ3n) is 6.75. The normalized spacial score (nSPS) is 14.8. The summed E-state index contributed by atoms with van der Waals surface area (Å²) in [5.74, 6) is 0.677. The maximum absolute atomic E-state index is 14.0. The fourth-order valence-corrected chi connectivity index (χ4v) is 6.84. The van der Waals surface area contributed by atoms with Gasteiger partial charge in [0.1, 0.15) is 24.1 Å². The number of thiazole rings is 1. The molecule has 228 valence electrons. The van der Waals surface area contributed by atoms with Gasteiger partial charge in [0.15, 0.2) is 4.80 Å². The molecule has 2 heterocycles. The van der Waals surface area contributed by atoms with Crippen molar-refractivity contribution in [2.75, 3.05) is 6.61 Å². The second-order valence-corrected chi connectivity index (χ2v) is 12.9. The molecule has 3 aromatic carbocycles. The van der Waals surface area contributed by atoms with Crippen LogP contribution in [0.4, 0.5) is 0 Å². The number of benzene rings is 3. The molecule has 0 bridgehead atoms. The van der Waals surface area contributed by atoms with Crippen molar-refractivity contribution in [2.45, 2.75) is 46.4 Å². The fraction of sp³-hybridized carbons (Fsp3) is 0.242. The van der Waals surface area contributed by atoms with E-state index in [0.29, 0.717) is 52.2 Å². The zero-order valence-corrected chi connectivity index (χ0v) is 28.3. The van der Waals surface area contributed by atoms with Gasteiger partial charge in [-0.25, -0.2) is 9.79 Å². The van der Waals surface area contributed by atoms with E-state index >= 15 is 0 Å². The molecule has 0 fully saturated rings. The third kappa shape index (κ3) is 6.81. The van der Waals surface area contributed by atoms with Gasteiger partial charge in [0, 0.05) is 21.2 Å². The number of halogens is 3. The quantitative estimate of drug-likeness (QED) is 0.171. The summed E-state index contributed by atoms with van der Waals surface area (Å²) >= 11 is 17.1. The number of ether oxygens (including phenoxy) is 3. The Labute approximate surface area is 277 Å². The number of fused-ring (bicyclic) bond motifs is 1. The molecule has 0 radical (unpaired) electrons. The van der Waals surface area contributed by atoms with E-state index < -0.39 is 12.0 Å². The third-order valence-corrected chi connectivity index (χ3v) is 8.93. The smallest absolute Gasteiger partial charge is 0.338 e. The van der Waals surface area contributed by atoms with Crippen molar-refractivity contribution in [3.63, 3.8) is 0 Å². The van der Waals surface area contributed by atoms with Gasteiger partial charge in [-0.15, -0.1) is 0 Å². The van der Waals surface area contributed by atoms with Crippen LogP contribution in [-0.4, -0.2) is 23.2 Å². The van der Waals surface area contributed by atoms with Crippen LogP contribution in [0.3, 0.4) is 0 Å². The molecule has 44 heavy (non-hydrogen) atoms. The molecule has 1 aliphatic rings. The first-order valence-electron chi connectivity index (χ1n) is 13.9. The van der Waals surface area contributed by atoms with E-state index in [4.69, 9.17) is 37.4 Å². The van der Waals surface area contributed by atoms with Crippen LogP contribution in [-0.2, 0) is 16.1 Å². The van der Waals surface area contributed by atoms with Gasteiger partial charge in [0.2, 0.25) is 0 Å². The van der Waals surface area contributed by atoms with Gasteiger partial charge in [-0.2, -0.15) is 0 Å². The van der Waals surface area contributed by atoms with Crippen LogP contribution >= 0.6 is 50.5 Å². The summed E-state index contributed by atoms with van der Waals surface area (Å²) in [4.78, 5) is 32.5. The Morgan fingerprint density at radius 2 is 1.89 bits per heavy atom. The van der Waals surface area contributed by atoms with E-state index in [2.05, 4.69) is 20.9 Å². The minimum atomic E-state index is -0.774. The van der Waals surface area contributed by atoms with Crippen LogP contribution in [0.25, 0.3) is 6.08 Å². The highest BCUT2D eigenvalue weighted by Gasteiger charge is 2.35. The molecule has 0 amide bonds. The molecule has 0 N–H and O–H groups in total. The number of esters is 1. The Morgan fingerprint density at radius 3 is 2.59 bits per heavy atom. The highest BCUT2D eigenvalue weighted by Crippen LogP contribution is 2.36. The minimum Gasteiger partial charge on any atom is -0.491 e. The summed E-state index contributed by atoms with van der Waals surface area (Å²) in [6, 6.07) is 17.5. The molecular weight excluding hydrogens is 687 g/mol. The molecular formula is C33H29BrCl2N2O5S. The van der Waals surface area contributed by atoms with Gasteiger partial charge in [-0.1, -0.05) is 64.9 Å². The van der Waals surface area contributed by atoms with E-state index in [1.54, 1.807) is 36.6 Å².